The van der Waals surface area contributed by atoms with Gasteiger partial charge in [-0.05, 0) is 37.3 Å². The Bertz CT molecular complexity index is 946. The van der Waals surface area contributed by atoms with E-state index < -0.39 is 5.97 Å². The number of aromatic nitrogens is 2. The van der Waals surface area contributed by atoms with Crippen molar-refractivity contribution in [2.75, 3.05) is 17.7 Å². The monoisotopic (exact) mass is 368 g/mol. The summed E-state index contributed by atoms with van der Waals surface area (Å²) < 4.78 is 4.81. The second kappa shape index (κ2) is 7.84. The van der Waals surface area contributed by atoms with E-state index in [1.165, 1.54) is 7.11 Å². The third kappa shape index (κ3) is 4.29. The van der Waals surface area contributed by atoms with Gasteiger partial charge in [-0.25, -0.2) is 9.78 Å². The van der Waals surface area contributed by atoms with Gasteiger partial charge in [0.1, 0.15) is 5.82 Å². The van der Waals surface area contributed by atoms with Gasteiger partial charge in [-0.3, -0.25) is 0 Å². The van der Waals surface area contributed by atoms with Crippen molar-refractivity contribution in [3.05, 3.63) is 70.9 Å². The molecule has 0 saturated heterocycles. The van der Waals surface area contributed by atoms with Crippen molar-refractivity contribution >= 4 is 40.7 Å². The van der Waals surface area contributed by atoms with Crippen LogP contribution in [0.1, 0.15) is 16.1 Å². The molecule has 0 saturated carbocycles. The molecule has 0 unspecified atom stereocenters. The van der Waals surface area contributed by atoms with E-state index in [-0.39, 0.29) is 0 Å². The van der Waals surface area contributed by atoms with Crippen molar-refractivity contribution in [3.8, 4) is 0 Å². The lowest BCUT2D eigenvalue weighted by Gasteiger charge is -2.12. The van der Waals surface area contributed by atoms with Crippen LogP contribution < -0.4 is 10.6 Å². The van der Waals surface area contributed by atoms with Crippen molar-refractivity contribution < 1.29 is 9.53 Å². The van der Waals surface area contributed by atoms with E-state index in [1.807, 2.05) is 31.2 Å². The first kappa shape index (κ1) is 17.7. The number of anilines is 4. The molecule has 0 radical (unpaired) electrons. The molecule has 26 heavy (non-hydrogen) atoms. The third-order valence-electron chi connectivity index (χ3n) is 3.53. The number of carbonyl (C=O) groups excluding carboxylic acids is 1. The molecule has 3 aromatic rings. The maximum atomic E-state index is 11.9. The molecule has 0 fully saturated rings. The quantitative estimate of drug-likeness (QED) is 0.635. The van der Waals surface area contributed by atoms with Gasteiger partial charge in [0, 0.05) is 22.5 Å². The van der Waals surface area contributed by atoms with Gasteiger partial charge in [-0.1, -0.05) is 29.8 Å². The zero-order chi connectivity index (χ0) is 18.5. The normalized spacial score (nSPS) is 10.3. The zero-order valence-electron chi connectivity index (χ0n) is 14.3. The van der Waals surface area contributed by atoms with Crippen LogP contribution in [-0.4, -0.2) is 23.0 Å². The van der Waals surface area contributed by atoms with Gasteiger partial charge in [0.05, 0.1) is 18.4 Å². The van der Waals surface area contributed by atoms with E-state index in [0.29, 0.717) is 28.0 Å². The van der Waals surface area contributed by atoms with Gasteiger partial charge >= 0.3 is 5.97 Å². The van der Waals surface area contributed by atoms with Gasteiger partial charge in [-0.2, -0.15) is 4.98 Å². The summed E-state index contributed by atoms with van der Waals surface area (Å²) >= 11 is 6.01. The highest BCUT2D eigenvalue weighted by Gasteiger charge is 2.12. The lowest BCUT2D eigenvalue weighted by molar-refractivity contribution is 0.0602. The third-order valence-corrected chi connectivity index (χ3v) is 3.77. The van der Waals surface area contributed by atoms with Crippen LogP contribution in [0, 0.1) is 6.92 Å². The predicted octanol–water partition coefficient (Wildman–Crippen LogP) is 4.71. The largest absolute Gasteiger partial charge is 0.465 e. The molecule has 0 amide bonds. The highest BCUT2D eigenvalue weighted by Crippen LogP contribution is 2.23. The molecule has 6 nitrogen and oxygen atoms in total. The number of ether oxygens (including phenoxy) is 1. The Morgan fingerprint density at radius 2 is 1.85 bits per heavy atom. The van der Waals surface area contributed by atoms with Crippen molar-refractivity contribution in [1.29, 1.82) is 0 Å². The van der Waals surface area contributed by atoms with Crippen LogP contribution in [0.4, 0.5) is 23.1 Å². The van der Waals surface area contributed by atoms with Crippen LogP contribution in [0.15, 0.2) is 54.6 Å². The zero-order valence-corrected chi connectivity index (χ0v) is 15.0. The number of para-hydroxylation sites is 1. The minimum Gasteiger partial charge on any atom is -0.465 e. The van der Waals surface area contributed by atoms with Gasteiger partial charge in [0.2, 0.25) is 5.95 Å². The Kier molecular flexibility index (Phi) is 5.34. The number of rotatable bonds is 5. The summed E-state index contributed by atoms with van der Waals surface area (Å²) in [6.45, 7) is 1.86. The molecular formula is C19H17ClN4O2. The molecule has 2 N–H and O–H groups in total. The maximum absolute atomic E-state index is 11.9. The molecule has 132 valence electrons. The van der Waals surface area contributed by atoms with Gasteiger partial charge < -0.3 is 15.4 Å². The van der Waals surface area contributed by atoms with E-state index in [4.69, 9.17) is 16.3 Å². The number of methoxy groups -OCH3 is 1. The molecule has 0 atom stereocenters. The SMILES string of the molecule is COC(=O)c1ccccc1Nc1nc(C)cc(Nc2cccc(Cl)c2)n1. The average Bonchev–Trinajstić information content (AvgIpc) is 2.61. The second-order valence-corrected chi connectivity index (χ2v) is 5.95. The van der Waals surface area contributed by atoms with Gasteiger partial charge in [0.25, 0.3) is 0 Å². The molecule has 1 aromatic heterocycles. The number of carbonyl (C=O) groups is 1. The summed E-state index contributed by atoms with van der Waals surface area (Å²) in [5.74, 6) is 0.543. The number of halogens is 1. The minimum absolute atomic E-state index is 0.367. The molecule has 0 spiro atoms. The first-order valence-corrected chi connectivity index (χ1v) is 8.25. The fraction of sp³-hybridized carbons (Fsp3) is 0.105. The number of nitrogens with zero attached hydrogens (tertiary/aromatic N) is 2. The van der Waals surface area contributed by atoms with Crippen molar-refractivity contribution in [2.45, 2.75) is 6.92 Å². The molecule has 3 rings (SSSR count). The van der Waals surface area contributed by atoms with Crippen LogP contribution in [-0.2, 0) is 4.74 Å². The summed E-state index contributed by atoms with van der Waals surface area (Å²) in [7, 11) is 1.34. The second-order valence-electron chi connectivity index (χ2n) is 5.52. The minimum atomic E-state index is -0.432. The lowest BCUT2D eigenvalue weighted by Crippen LogP contribution is -2.08. The molecule has 0 aliphatic heterocycles. The average molecular weight is 369 g/mol. The molecule has 0 aliphatic rings. The smallest absolute Gasteiger partial charge is 0.339 e. The van der Waals surface area contributed by atoms with Gasteiger partial charge in [-0.15, -0.1) is 0 Å². The van der Waals surface area contributed by atoms with Crippen LogP contribution in [0.2, 0.25) is 5.02 Å². The summed E-state index contributed by atoms with van der Waals surface area (Å²) in [6, 6.07) is 16.2. The van der Waals surface area contributed by atoms with Crippen LogP contribution in [0.25, 0.3) is 0 Å². The predicted molar refractivity (Wildman–Crippen MR) is 103 cm³/mol. The molecule has 7 heteroatoms. The highest BCUT2D eigenvalue weighted by atomic mass is 35.5. The Balaban J connectivity index is 1.88. The first-order chi connectivity index (χ1) is 12.5. The number of benzene rings is 2. The number of nitrogens with one attached hydrogen (secondary N) is 2. The maximum Gasteiger partial charge on any atom is 0.339 e. The van der Waals surface area contributed by atoms with E-state index >= 15 is 0 Å². The van der Waals surface area contributed by atoms with E-state index in [0.717, 1.165) is 11.4 Å². The summed E-state index contributed by atoms with van der Waals surface area (Å²) in [4.78, 5) is 20.7. The number of esters is 1. The summed E-state index contributed by atoms with van der Waals surface area (Å²) in [5.41, 5.74) is 2.56. The Morgan fingerprint density at radius 3 is 2.62 bits per heavy atom. The van der Waals surface area contributed by atoms with E-state index in [2.05, 4.69) is 20.6 Å². The first-order valence-electron chi connectivity index (χ1n) is 7.88. The fourth-order valence-electron chi connectivity index (χ4n) is 2.40. The van der Waals surface area contributed by atoms with E-state index in [9.17, 15) is 4.79 Å². The molecule has 2 aromatic carbocycles. The van der Waals surface area contributed by atoms with Gasteiger partial charge in [0.15, 0.2) is 0 Å². The standard InChI is InChI=1S/C19H17ClN4O2/c1-12-10-17(22-14-7-5-6-13(20)11-14)24-19(21-12)23-16-9-4-3-8-15(16)18(25)26-2/h3-11H,1-2H3,(H2,21,22,23,24). The van der Waals surface area contributed by atoms with Crippen LogP contribution in [0.5, 0.6) is 0 Å². The van der Waals surface area contributed by atoms with Crippen LogP contribution in [0.3, 0.4) is 0 Å². The number of hydrogen-bond acceptors (Lipinski definition) is 6. The lowest BCUT2D eigenvalue weighted by atomic mass is 10.2. The summed E-state index contributed by atoms with van der Waals surface area (Å²) in [5, 5.41) is 6.90. The Labute approximate surface area is 156 Å². The Hall–Kier alpha value is -3.12. The highest BCUT2D eigenvalue weighted by molar-refractivity contribution is 6.30. The van der Waals surface area contributed by atoms with Crippen molar-refractivity contribution in [1.82, 2.24) is 9.97 Å². The number of aryl methyl sites for hydroxylation is 1. The van der Waals surface area contributed by atoms with E-state index in [1.54, 1.807) is 30.3 Å². The molecule has 0 bridgehead atoms. The Morgan fingerprint density at radius 1 is 1.04 bits per heavy atom. The fourth-order valence-corrected chi connectivity index (χ4v) is 2.59. The topological polar surface area (TPSA) is 76.1 Å². The molecule has 0 aliphatic carbocycles. The van der Waals surface area contributed by atoms with Crippen LogP contribution >= 0.6 is 11.6 Å². The molecular weight excluding hydrogens is 352 g/mol. The van der Waals surface area contributed by atoms with Crippen molar-refractivity contribution in [3.63, 3.8) is 0 Å². The molecule has 1 heterocycles. The number of hydrogen-bond donors (Lipinski definition) is 2. The van der Waals surface area contributed by atoms with Crippen molar-refractivity contribution in [2.24, 2.45) is 0 Å². The summed E-state index contributed by atoms with van der Waals surface area (Å²) in [6.07, 6.45) is 0.